The quantitative estimate of drug-likeness (QED) is 0.901. The lowest BCUT2D eigenvalue weighted by molar-refractivity contribution is 0.438. The normalized spacial score (nSPS) is 16.9. The van der Waals surface area contributed by atoms with Crippen molar-refractivity contribution in [3.05, 3.63) is 36.2 Å². The van der Waals surface area contributed by atoms with Crippen LogP contribution in [0.2, 0.25) is 0 Å². The second-order valence-corrected chi connectivity index (χ2v) is 5.27. The zero-order valence-electron chi connectivity index (χ0n) is 11.4. The molecule has 0 aromatic carbocycles. The van der Waals surface area contributed by atoms with E-state index in [2.05, 4.69) is 26.0 Å². The SMILES string of the molecule is Cn1ccc(CCn2cncc2C2CCNCC2)n1. The van der Waals surface area contributed by atoms with Crippen molar-refractivity contribution in [2.45, 2.75) is 31.7 Å². The smallest absolute Gasteiger partial charge is 0.0948 e. The molecule has 102 valence electrons. The Bertz CT molecular complexity index is 521. The summed E-state index contributed by atoms with van der Waals surface area (Å²) in [4.78, 5) is 4.33. The fourth-order valence-electron chi connectivity index (χ4n) is 2.81. The first kappa shape index (κ1) is 12.4. The van der Waals surface area contributed by atoms with Crippen molar-refractivity contribution in [1.82, 2.24) is 24.6 Å². The van der Waals surface area contributed by atoms with Gasteiger partial charge in [-0.3, -0.25) is 4.68 Å². The van der Waals surface area contributed by atoms with E-state index < -0.39 is 0 Å². The maximum atomic E-state index is 4.43. The van der Waals surface area contributed by atoms with Crippen molar-refractivity contribution < 1.29 is 0 Å². The van der Waals surface area contributed by atoms with Gasteiger partial charge in [0.2, 0.25) is 0 Å². The van der Waals surface area contributed by atoms with Crippen LogP contribution in [-0.4, -0.2) is 32.4 Å². The minimum absolute atomic E-state index is 0.660. The average Bonchev–Trinajstić information content (AvgIpc) is 3.06. The Kier molecular flexibility index (Phi) is 3.64. The molecule has 5 heteroatoms. The summed E-state index contributed by atoms with van der Waals surface area (Å²) in [6.45, 7) is 3.21. The number of nitrogens with zero attached hydrogens (tertiary/aromatic N) is 4. The molecule has 0 saturated carbocycles. The van der Waals surface area contributed by atoms with Crippen LogP contribution in [-0.2, 0) is 20.0 Å². The van der Waals surface area contributed by atoms with E-state index in [1.54, 1.807) is 0 Å². The standard InChI is InChI=1S/C14H21N5/c1-18-8-4-13(17-18)5-9-19-11-16-10-14(19)12-2-6-15-7-3-12/h4,8,10-12,15H,2-3,5-7,9H2,1H3. The number of aryl methyl sites for hydroxylation is 3. The number of imidazole rings is 1. The van der Waals surface area contributed by atoms with Crippen LogP contribution in [0, 0.1) is 0 Å². The van der Waals surface area contributed by atoms with Crippen LogP contribution in [0.25, 0.3) is 0 Å². The van der Waals surface area contributed by atoms with Crippen molar-refractivity contribution in [2.75, 3.05) is 13.1 Å². The molecule has 5 nitrogen and oxygen atoms in total. The number of rotatable bonds is 4. The van der Waals surface area contributed by atoms with E-state index in [9.17, 15) is 0 Å². The van der Waals surface area contributed by atoms with Crippen molar-refractivity contribution in [1.29, 1.82) is 0 Å². The highest BCUT2D eigenvalue weighted by Gasteiger charge is 2.18. The number of nitrogens with one attached hydrogen (secondary N) is 1. The highest BCUT2D eigenvalue weighted by atomic mass is 15.2. The topological polar surface area (TPSA) is 47.7 Å². The summed E-state index contributed by atoms with van der Waals surface area (Å²) in [5, 5.41) is 7.84. The first-order valence-electron chi connectivity index (χ1n) is 7.02. The largest absolute Gasteiger partial charge is 0.334 e. The van der Waals surface area contributed by atoms with E-state index in [1.165, 1.54) is 18.5 Å². The summed E-state index contributed by atoms with van der Waals surface area (Å²) in [5.41, 5.74) is 2.53. The molecule has 3 heterocycles. The van der Waals surface area contributed by atoms with Crippen molar-refractivity contribution in [3.63, 3.8) is 0 Å². The van der Waals surface area contributed by atoms with Crippen LogP contribution in [0.4, 0.5) is 0 Å². The molecule has 0 bridgehead atoms. The number of hydrogen-bond acceptors (Lipinski definition) is 3. The average molecular weight is 259 g/mol. The first-order chi connectivity index (χ1) is 9.33. The van der Waals surface area contributed by atoms with Crippen molar-refractivity contribution in [2.24, 2.45) is 7.05 Å². The van der Waals surface area contributed by atoms with E-state index in [0.717, 1.165) is 31.7 Å². The Morgan fingerprint density at radius 3 is 2.95 bits per heavy atom. The molecule has 1 aliphatic rings. The molecule has 0 spiro atoms. The van der Waals surface area contributed by atoms with Crippen LogP contribution in [0.3, 0.4) is 0 Å². The van der Waals surface area contributed by atoms with E-state index in [0.29, 0.717) is 5.92 Å². The van der Waals surface area contributed by atoms with E-state index in [-0.39, 0.29) is 0 Å². The lowest BCUT2D eigenvalue weighted by atomic mass is 9.95. The highest BCUT2D eigenvalue weighted by Crippen LogP contribution is 2.24. The van der Waals surface area contributed by atoms with Gasteiger partial charge in [0.05, 0.1) is 12.0 Å². The third kappa shape index (κ3) is 2.87. The Morgan fingerprint density at radius 2 is 2.21 bits per heavy atom. The van der Waals surface area contributed by atoms with Crippen LogP contribution >= 0.6 is 0 Å². The van der Waals surface area contributed by atoms with Gasteiger partial charge in [-0.2, -0.15) is 5.10 Å². The predicted octanol–water partition coefficient (Wildman–Crippen LogP) is 1.33. The first-order valence-corrected chi connectivity index (χ1v) is 7.02. The zero-order valence-corrected chi connectivity index (χ0v) is 11.4. The van der Waals surface area contributed by atoms with E-state index in [1.807, 2.05) is 30.5 Å². The second kappa shape index (κ2) is 5.57. The molecule has 3 rings (SSSR count). The molecule has 0 aliphatic carbocycles. The number of hydrogen-bond donors (Lipinski definition) is 1. The van der Waals surface area contributed by atoms with Gasteiger partial charge in [-0.1, -0.05) is 0 Å². The monoisotopic (exact) mass is 259 g/mol. The third-order valence-electron chi connectivity index (χ3n) is 3.88. The minimum atomic E-state index is 0.660. The second-order valence-electron chi connectivity index (χ2n) is 5.27. The molecule has 0 atom stereocenters. The lowest BCUT2D eigenvalue weighted by Gasteiger charge is -2.23. The Hall–Kier alpha value is -1.62. The predicted molar refractivity (Wildman–Crippen MR) is 74.0 cm³/mol. The molecule has 2 aromatic rings. The molecule has 0 radical (unpaired) electrons. The summed E-state index contributed by atoms with van der Waals surface area (Å²) in [6, 6.07) is 2.08. The fourth-order valence-corrected chi connectivity index (χ4v) is 2.81. The molecule has 1 aliphatic heterocycles. The molecule has 1 saturated heterocycles. The van der Waals surface area contributed by atoms with Crippen LogP contribution < -0.4 is 5.32 Å². The van der Waals surface area contributed by atoms with Gasteiger partial charge in [0.1, 0.15) is 0 Å². The van der Waals surface area contributed by atoms with Gasteiger partial charge in [-0.05, 0) is 32.0 Å². The Morgan fingerprint density at radius 1 is 1.37 bits per heavy atom. The van der Waals surface area contributed by atoms with Crippen LogP contribution in [0.15, 0.2) is 24.8 Å². The van der Waals surface area contributed by atoms with Gasteiger partial charge in [-0.15, -0.1) is 0 Å². The summed E-state index contributed by atoms with van der Waals surface area (Å²) in [7, 11) is 1.96. The van der Waals surface area contributed by atoms with Crippen molar-refractivity contribution >= 4 is 0 Å². The van der Waals surface area contributed by atoms with Crippen LogP contribution in [0.1, 0.15) is 30.1 Å². The molecule has 1 N–H and O–H groups in total. The minimum Gasteiger partial charge on any atom is -0.334 e. The molecule has 0 unspecified atom stereocenters. The van der Waals surface area contributed by atoms with Gasteiger partial charge < -0.3 is 9.88 Å². The molecule has 19 heavy (non-hydrogen) atoms. The zero-order chi connectivity index (χ0) is 13.1. The van der Waals surface area contributed by atoms with Crippen molar-refractivity contribution in [3.8, 4) is 0 Å². The highest BCUT2D eigenvalue weighted by molar-refractivity contribution is 5.08. The fraction of sp³-hybridized carbons (Fsp3) is 0.571. The Balaban J connectivity index is 1.66. The van der Waals surface area contributed by atoms with Gasteiger partial charge >= 0.3 is 0 Å². The van der Waals surface area contributed by atoms with Gasteiger partial charge in [0, 0.05) is 44.0 Å². The van der Waals surface area contributed by atoms with E-state index in [4.69, 9.17) is 0 Å². The maximum absolute atomic E-state index is 4.43. The molecule has 0 amide bonds. The summed E-state index contributed by atoms with van der Waals surface area (Å²) in [6.07, 6.45) is 9.39. The summed E-state index contributed by atoms with van der Waals surface area (Å²) in [5.74, 6) is 0.660. The maximum Gasteiger partial charge on any atom is 0.0948 e. The molecular weight excluding hydrogens is 238 g/mol. The van der Waals surface area contributed by atoms with E-state index >= 15 is 0 Å². The summed E-state index contributed by atoms with van der Waals surface area (Å²) < 4.78 is 4.15. The molecule has 1 fully saturated rings. The summed E-state index contributed by atoms with van der Waals surface area (Å²) >= 11 is 0. The van der Waals surface area contributed by atoms with Crippen LogP contribution in [0.5, 0.6) is 0 Å². The Labute approximate surface area is 113 Å². The molecule has 2 aromatic heterocycles. The number of piperidine rings is 1. The van der Waals surface area contributed by atoms with Gasteiger partial charge in [-0.25, -0.2) is 4.98 Å². The molecular formula is C14H21N5. The number of aromatic nitrogens is 4. The van der Waals surface area contributed by atoms with Gasteiger partial charge in [0.15, 0.2) is 0 Å². The van der Waals surface area contributed by atoms with Gasteiger partial charge in [0.25, 0.3) is 0 Å². The lowest BCUT2D eigenvalue weighted by Crippen LogP contribution is -2.27. The third-order valence-corrected chi connectivity index (χ3v) is 3.88.